The Bertz CT molecular complexity index is 435. The van der Waals surface area contributed by atoms with Crippen LogP contribution in [-0.2, 0) is 16.0 Å². The molecule has 1 saturated heterocycles. The Labute approximate surface area is 110 Å². The molecular weight excluding hydrogens is 250 g/mol. The van der Waals surface area contributed by atoms with E-state index in [1.807, 2.05) is 30.3 Å². The van der Waals surface area contributed by atoms with Crippen LogP contribution >= 0.6 is 11.9 Å². The quantitative estimate of drug-likeness (QED) is 0.843. The molecule has 0 radical (unpaired) electrons. The molecule has 0 spiro atoms. The zero-order valence-electron chi connectivity index (χ0n) is 9.91. The number of aliphatic carboxylic acids is 1. The molecule has 0 unspecified atom stereocenters. The highest BCUT2D eigenvalue weighted by atomic mass is 32.2. The number of nitrogens with zero attached hydrogens (tertiary/aromatic N) is 1. The SMILES string of the molecule is O=C(Cc1ccccc1)SN1CCC[C@H]1C(=O)O. The van der Waals surface area contributed by atoms with E-state index in [9.17, 15) is 9.59 Å². The second-order valence-corrected chi connectivity index (χ2v) is 5.37. The summed E-state index contributed by atoms with van der Waals surface area (Å²) in [7, 11) is 0. The Kier molecular flexibility index (Phi) is 4.38. The number of carbonyl (C=O) groups is 2. The second-order valence-electron chi connectivity index (χ2n) is 4.26. The van der Waals surface area contributed by atoms with Gasteiger partial charge in [0.25, 0.3) is 0 Å². The fraction of sp³-hybridized carbons (Fsp3) is 0.385. The van der Waals surface area contributed by atoms with Crippen LogP contribution < -0.4 is 0 Å². The summed E-state index contributed by atoms with van der Waals surface area (Å²) in [4.78, 5) is 22.9. The van der Waals surface area contributed by atoms with Gasteiger partial charge in [0.15, 0.2) is 0 Å². The molecule has 1 aliphatic rings. The van der Waals surface area contributed by atoms with Gasteiger partial charge in [0.1, 0.15) is 6.04 Å². The number of benzene rings is 1. The van der Waals surface area contributed by atoms with Crippen molar-refractivity contribution < 1.29 is 14.7 Å². The lowest BCUT2D eigenvalue weighted by Gasteiger charge is -2.18. The number of carbonyl (C=O) groups excluding carboxylic acids is 1. The van der Waals surface area contributed by atoms with Crippen molar-refractivity contribution in [1.29, 1.82) is 0 Å². The first-order valence-corrected chi connectivity index (χ1v) is 6.68. The molecule has 0 bridgehead atoms. The van der Waals surface area contributed by atoms with Gasteiger partial charge in [-0.1, -0.05) is 30.3 Å². The van der Waals surface area contributed by atoms with Crippen LogP contribution in [0.25, 0.3) is 0 Å². The summed E-state index contributed by atoms with van der Waals surface area (Å²) in [6.45, 7) is 0.669. The molecule has 1 heterocycles. The summed E-state index contributed by atoms with van der Waals surface area (Å²) >= 11 is 1.05. The standard InChI is InChI=1S/C13H15NO3S/c15-12(9-10-5-2-1-3-6-10)18-14-8-4-7-11(14)13(16)17/h1-3,5-6,11H,4,7-9H2,(H,16,17)/t11-/m0/s1. The average molecular weight is 265 g/mol. The first-order valence-electron chi connectivity index (χ1n) is 5.91. The van der Waals surface area contributed by atoms with Gasteiger partial charge in [-0.2, -0.15) is 0 Å². The normalized spacial score (nSPS) is 19.9. The zero-order valence-corrected chi connectivity index (χ0v) is 10.7. The minimum atomic E-state index is -0.840. The fourth-order valence-electron chi connectivity index (χ4n) is 2.02. The van der Waals surface area contributed by atoms with E-state index in [0.29, 0.717) is 19.4 Å². The molecule has 0 aliphatic carbocycles. The highest BCUT2D eigenvalue weighted by molar-refractivity contribution is 8.11. The first kappa shape index (κ1) is 13.1. The topological polar surface area (TPSA) is 57.6 Å². The van der Waals surface area contributed by atoms with Gasteiger partial charge in [0.2, 0.25) is 5.12 Å². The summed E-state index contributed by atoms with van der Waals surface area (Å²) in [6.07, 6.45) is 1.80. The van der Waals surface area contributed by atoms with Gasteiger partial charge >= 0.3 is 5.97 Å². The smallest absolute Gasteiger partial charge is 0.321 e. The van der Waals surface area contributed by atoms with Crippen LogP contribution in [0.15, 0.2) is 30.3 Å². The van der Waals surface area contributed by atoms with E-state index in [4.69, 9.17) is 5.11 Å². The van der Waals surface area contributed by atoms with Crippen molar-refractivity contribution in [2.75, 3.05) is 6.54 Å². The molecule has 1 aliphatic heterocycles. The largest absolute Gasteiger partial charge is 0.480 e. The highest BCUT2D eigenvalue weighted by Crippen LogP contribution is 2.26. The lowest BCUT2D eigenvalue weighted by atomic mass is 10.2. The van der Waals surface area contributed by atoms with Crippen LogP contribution in [0.4, 0.5) is 0 Å². The molecule has 1 atom stereocenters. The summed E-state index contributed by atoms with van der Waals surface area (Å²) in [5, 5.41) is 9.01. The molecule has 18 heavy (non-hydrogen) atoms. The summed E-state index contributed by atoms with van der Waals surface area (Å²) < 4.78 is 1.69. The third kappa shape index (κ3) is 3.34. The van der Waals surface area contributed by atoms with Crippen LogP contribution in [0, 0.1) is 0 Å². The number of hydrogen-bond acceptors (Lipinski definition) is 4. The lowest BCUT2D eigenvalue weighted by molar-refractivity contribution is -0.140. The molecule has 0 amide bonds. The maximum Gasteiger partial charge on any atom is 0.321 e. The van der Waals surface area contributed by atoms with E-state index >= 15 is 0 Å². The average Bonchev–Trinajstić information content (AvgIpc) is 2.78. The van der Waals surface area contributed by atoms with E-state index in [2.05, 4.69) is 0 Å². The van der Waals surface area contributed by atoms with Crippen LogP contribution in [-0.4, -0.2) is 33.1 Å². The summed E-state index contributed by atoms with van der Waals surface area (Å²) in [5.41, 5.74) is 0.959. The van der Waals surface area contributed by atoms with Crippen LogP contribution in [0.3, 0.4) is 0 Å². The molecule has 96 valence electrons. The Morgan fingerprint density at radius 1 is 1.33 bits per heavy atom. The third-order valence-corrected chi connectivity index (χ3v) is 3.92. The lowest BCUT2D eigenvalue weighted by Crippen LogP contribution is -2.32. The third-order valence-electron chi connectivity index (χ3n) is 2.90. The molecule has 2 rings (SSSR count). The molecule has 5 heteroatoms. The molecule has 0 saturated carbocycles. The van der Waals surface area contributed by atoms with Crippen molar-refractivity contribution in [2.45, 2.75) is 25.3 Å². The molecule has 1 aromatic carbocycles. The second kappa shape index (κ2) is 6.02. The molecule has 4 nitrogen and oxygen atoms in total. The van der Waals surface area contributed by atoms with Crippen LogP contribution in [0.1, 0.15) is 18.4 Å². The Morgan fingerprint density at radius 2 is 2.06 bits per heavy atom. The van der Waals surface area contributed by atoms with Gasteiger partial charge in [-0.3, -0.25) is 9.59 Å². The molecule has 0 aromatic heterocycles. The van der Waals surface area contributed by atoms with E-state index in [-0.39, 0.29) is 5.12 Å². The number of rotatable bonds is 4. The van der Waals surface area contributed by atoms with E-state index < -0.39 is 12.0 Å². The minimum absolute atomic E-state index is 0.00523. The van der Waals surface area contributed by atoms with Crippen molar-refractivity contribution in [3.05, 3.63) is 35.9 Å². The monoisotopic (exact) mass is 265 g/mol. The van der Waals surface area contributed by atoms with Gasteiger partial charge in [-0.15, -0.1) is 0 Å². The summed E-state index contributed by atoms with van der Waals surface area (Å²) in [6, 6.07) is 8.97. The molecule has 1 aromatic rings. The highest BCUT2D eigenvalue weighted by Gasteiger charge is 2.32. The van der Waals surface area contributed by atoms with Crippen molar-refractivity contribution in [1.82, 2.24) is 4.31 Å². The van der Waals surface area contributed by atoms with Crippen LogP contribution in [0.5, 0.6) is 0 Å². The van der Waals surface area contributed by atoms with Crippen molar-refractivity contribution >= 4 is 23.0 Å². The Morgan fingerprint density at radius 3 is 2.72 bits per heavy atom. The van der Waals surface area contributed by atoms with Gasteiger partial charge in [-0.25, -0.2) is 4.31 Å². The fourth-order valence-corrected chi connectivity index (χ4v) is 3.06. The van der Waals surface area contributed by atoms with E-state index in [1.54, 1.807) is 4.31 Å². The van der Waals surface area contributed by atoms with Crippen molar-refractivity contribution in [3.63, 3.8) is 0 Å². The van der Waals surface area contributed by atoms with Gasteiger partial charge in [0.05, 0.1) is 0 Å². The maximum atomic E-state index is 11.9. The maximum absolute atomic E-state index is 11.9. The Balaban J connectivity index is 1.90. The Hall–Kier alpha value is -1.33. The van der Waals surface area contributed by atoms with E-state index in [1.165, 1.54) is 0 Å². The predicted molar refractivity (Wildman–Crippen MR) is 70.1 cm³/mol. The summed E-state index contributed by atoms with van der Waals surface area (Å²) in [5.74, 6) is -0.840. The van der Waals surface area contributed by atoms with Crippen molar-refractivity contribution in [3.8, 4) is 0 Å². The number of carboxylic acid groups (broad SMARTS) is 1. The minimum Gasteiger partial charge on any atom is -0.480 e. The molecule has 1 fully saturated rings. The van der Waals surface area contributed by atoms with Gasteiger partial charge in [0, 0.05) is 13.0 Å². The number of hydrogen-bond donors (Lipinski definition) is 1. The van der Waals surface area contributed by atoms with Crippen molar-refractivity contribution in [2.24, 2.45) is 0 Å². The molecular formula is C13H15NO3S. The van der Waals surface area contributed by atoms with E-state index in [0.717, 1.165) is 23.9 Å². The van der Waals surface area contributed by atoms with Crippen LogP contribution in [0.2, 0.25) is 0 Å². The van der Waals surface area contributed by atoms with Gasteiger partial charge in [-0.05, 0) is 30.4 Å². The first-order chi connectivity index (χ1) is 8.66. The predicted octanol–water partition coefficient (Wildman–Crippen LogP) is 1.95. The van der Waals surface area contributed by atoms with Gasteiger partial charge < -0.3 is 5.11 Å². The zero-order chi connectivity index (χ0) is 13.0. The molecule has 1 N–H and O–H groups in total. The number of carboxylic acids is 1.